The zero-order valence-corrected chi connectivity index (χ0v) is 34.7. The summed E-state index contributed by atoms with van der Waals surface area (Å²) in [6.07, 6.45) is 0. The van der Waals surface area contributed by atoms with E-state index in [1.165, 1.54) is 48.5 Å². The predicted octanol–water partition coefficient (Wildman–Crippen LogP) is 9.74. The summed E-state index contributed by atoms with van der Waals surface area (Å²) in [5, 5.41) is 141. The standard InChI is InChI=1S/C52H36F4O12/c53-25-9-1-21(2-10-25)37-29-17-31(43(59)49(65)41(29)57)38(22-3-11-26(54)12-4-22)33-19-35(47(63)51(67)45(33)61)40(24-7-15-28(56)16-8-24)36-20-34(46(62)52(68)48(36)64)39(23-5-13-27(55)14-6-23)32-18-30(37)42(58)50(66)44(32)60/h1-20,37-40,57-68H. The summed E-state index contributed by atoms with van der Waals surface area (Å²) < 4.78 is 58.6. The van der Waals surface area contributed by atoms with Gasteiger partial charge in [0, 0.05) is 68.2 Å². The second-order valence-corrected chi connectivity index (χ2v) is 16.3. The third-order valence-corrected chi connectivity index (χ3v) is 12.5. The van der Waals surface area contributed by atoms with E-state index in [1.54, 1.807) is 0 Å². The topological polar surface area (TPSA) is 243 Å². The average Bonchev–Trinajstić information content (AvgIpc) is 3.32. The van der Waals surface area contributed by atoms with Gasteiger partial charge in [-0.1, -0.05) is 48.5 Å². The van der Waals surface area contributed by atoms with Crippen LogP contribution in [0.5, 0.6) is 69.0 Å². The lowest BCUT2D eigenvalue weighted by Gasteiger charge is -2.30. The van der Waals surface area contributed by atoms with Crippen molar-refractivity contribution < 1.29 is 78.8 Å². The molecule has 0 atom stereocenters. The Hall–Kier alpha value is -8.92. The minimum absolute atomic E-state index is 0.0174. The third-order valence-electron chi connectivity index (χ3n) is 12.5. The Bertz CT molecular complexity index is 2750. The molecular weight excluding hydrogens is 893 g/mol. The molecule has 8 bridgehead atoms. The van der Waals surface area contributed by atoms with Gasteiger partial charge in [0.25, 0.3) is 0 Å². The van der Waals surface area contributed by atoms with Crippen molar-refractivity contribution in [1.82, 2.24) is 0 Å². The molecule has 12 nitrogen and oxygen atoms in total. The van der Waals surface area contributed by atoms with Gasteiger partial charge in [0.15, 0.2) is 46.0 Å². The van der Waals surface area contributed by atoms with Crippen LogP contribution in [-0.2, 0) is 0 Å². The van der Waals surface area contributed by atoms with Crippen LogP contribution in [0.25, 0.3) is 0 Å². The Morgan fingerprint density at radius 2 is 0.338 bits per heavy atom. The van der Waals surface area contributed by atoms with Gasteiger partial charge in [-0.25, -0.2) is 17.6 Å². The normalized spacial score (nSPS) is 16.6. The Morgan fingerprint density at radius 1 is 0.206 bits per heavy atom. The maximum Gasteiger partial charge on any atom is 0.200 e. The van der Waals surface area contributed by atoms with Gasteiger partial charge in [-0.15, -0.1) is 0 Å². The molecule has 0 unspecified atom stereocenters. The monoisotopic (exact) mass is 928 g/mol. The minimum Gasteiger partial charge on any atom is -0.504 e. The SMILES string of the molecule is Oc1c2cc(c(O)c1O)C(c1ccc(F)cc1)c1cc(c(O)c(O)c1O)C(c1ccc(F)cc1)c1cc(c(O)c(O)c1O)C(c1ccc(F)cc1)c1cc(c(O)c(O)c1O)C2c1ccc(F)cc1. The van der Waals surface area contributed by atoms with Crippen LogP contribution in [0, 0.1) is 23.3 Å². The third kappa shape index (κ3) is 7.09. The van der Waals surface area contributed by atoms with E-state index in [0.717, 1.165) is 72.8 Å². The van der Waals surface area contributed by atoms with Crippen molar-refractivity contribution in [3.8, 4) is 69.0 Å². The molecule has 16 heteroatoms. The van der Waals surface area contributed by atoms with Crippen molar-refractivity contribution in [2.75, 3.05) is 0 Å². The van der Waals surface area contributed by atoms with Gasteiger partial charge in [-0.3, -0.25) is 0 Å². The van der Waals surface area contributed by atoms with E-state index in [-0.39, 0.29) is 22.3 Å². The Kier molecular flexibility index (Phi) is 10.7. The summed E-state index contributed by atoms with van der Waals surface area (Å²) in [5.74, 6) is -22.9. The molecule has 9 rings (SSSR count). The van der Waals surface area contributed by atoms with E-state index in [4.69, 9.17) is 0 Å². The molecule has 0 radical (unpaired) electrons. The summed E-state index contributed by atoms with van der Waals surface area (Å²) in [7, 11) is 0. The van der Waals surface area contributed by atoms with E-state index in [9.17, 15) is 78.8 Å². The molecule has 0 heterocycles. The number of benzene rings is 8. The van der Waals surface area contributed by atoms with Crippen LogP contribution in [0.15, 0.2) is 121 Å². The van der Waals surface area contributed by atoms with E-state index < -0.39 is 160 Å². The highest BCUT2D eigenvalue weighted by atomic mass is 19.1. The van der Waals surface area contributed by atoms with Crippen LogP contribution in [0.3, 0.4) is 0 Å². The summed E-state index contributed by atoms with van der Waals surface area (Å²) in [6.45, 7) is 0. The Labute approximate surface area is 381 Å². The van der Waals surface area contributed by atoms with E-state index in [0.29, 0.717) is 0 Å². The summed E-state index contributed by atoms with van der Waals surface area (Å²) in [4.78, 5) is 0. The first-order chi connectivity index (χ1) is 32.4. The van der Waals surface area contributed by atoms with Gasteiger partial charge in [0.2, 0.25) is 23.0 Å². The lowest BCUT2D eigenvalue weighted by atomic mass is 9.74. The van der Waals surface area contributed by atoms with Crippen molar-refractivity contribution in [2.24, 2.45) is 0 Å². The first kappa shape index (κ1) is 44.3. The van der Waals surface area contributed by atoms with E-state index in [2.05, 4.69) is 0 Å². The zero-order valence-electron chi connectivity index (χ0n) is 34.7. The molecule has 1 aliphatic carbocycles. The fourth-order valence-corrected chi connectivity index (χ4v) is 9.25. The first-order valence-electron chi connectivity index (χ1n) is 20.5. The number of phenolic OH excluding ortho intramolecular Hbond substituents is 12. The quantitative estimate of drug-likeness (QED) is 0.0583. The molecule has 0 amide bonds. The molecule has 344 valence electrons. The summed E-state index contributed by atoms with van der Waals surface area (Å²) >= 11 is 0. The first-order valence-corrected chi connectivity index (χ1v) is 20.5. The molecule has 0 spiro atoms. The van der Waals surface area contributed by atoms with Crippen molar-refractivity contribution >= 4 is 0 Å². The second kappa shape index (κ2) is 16.5. The van der Waals surface area contributed by atoms with Crippen LogP contribution >= 0.6 is 0 Å². The van der Waals surface area contributed by atoms with Gasteiger partial charge in [-0.05, 0) is 95.1 Å². The number of fused-ring (bicyclic) bond motifs is 8. The molecule has 0 fully saturated rings. The molecule has 1 aliphatic rings. The van der Waals surface area contributed by atoms with E-state index in [1.807, 2.05) is 0 Å². The molecule has 0 aliphatic heterocycles. The summed E-state index contributed by atoms with van der Waals surface area (Å²) in [5.41, 5.74) is -3.23. The molecule has 0 aromatic heterocycles. The molecule has 0 saturated carbocycles. The maximum absolute atomic E-state index is 14.6. The number of aromatic hydroxyl groups is 12. The van der Waals surface area contributed by atoms with Gasteiger partial charge in [0.05, 0.1) is 0 Å². The second-order valence-electron chi connectivity index (χ2n) is 16.3. The molecule has 8 aromatic rings. The van der Waals surface area contributed by atoms with Crippen LogP contribution in [-0.4, -0.2) is 61.3 Å². The zero-order chi connectivity index (χ0) is 48.6. The van der Waals surface area contributed by atoms with Gasteiger partial charge in [-0.2, -0.15) is 0 Å². The smallest absolute Gasteiger partial charge is 0.200 e. The lowest BCUT2D eigenvalue weighted by molar-refractivity contribution is 0.353. The largest absolute Gasteiger partial charge is 0.504 e. The average molecular weight is 929 g/mol. The number of hydrogen-bond donors (Lipinski definition) is 12. The lowest BCUT2D eigenvalue weighted by Crippen LogP contribution is -2.13. The Balaban J connectivity index is 1.54. The molecule has 68 heavy (non-hydrogen) atoms. The molecule has 12 N–H and O–H groups in total. The molecular formula is C52H36F4O12. The van der Waals surface area contributed by atoms with Gasteiger partial charge < -0.3 is 61.3 Å². The van der Waals surface area contributed by atoms with Crippen molar-refractivity contribution in [2.45, 2.75) is 23.7 Å². The van der Waals surface area contributed by atoms with Crippen LogP contribution < -0.4 is 0 Å². The minimum atomic E-state index is -1.65. The Morgan fingerprint density at radius 3 is 0.471 bits per heavy atom. The number of halogens is 4. The van der Waals surface area contributed by atoms with Gasteiger partial charge >= 0.3 is 0 Å². The van der Waals surface area contributed by atoms with E-state index >= 15 is 0 Å². The van der Waals surface area contributed by atoms with Crippen molar-refractivity contribution in [3.05, 3.63) is 211 Å². The van der Waals surface area contributed by atoms with Gasteiger partial charge in [0.1, 0.15) is 23.3 Å². The highest BCUT2D eigenvalue weighted by molar-refractivity contribution is 5.74. The van der Waals surface area contributed by atoms with Crippen LogP contribution in [0.1, 0.15) is 90.4 Å². The fourth-order valence-electron chi connectivity index (χ4n) is 9.25. The van der Waals surface area contributed by atoms with Crippen molar-refractivity contribution in [3.63, 3.8) is 0 Å². The van der Waals surface area contributed by atoms with Crippen LogP contribution in [0.4, 0.5) is 17.6 Å². The van der Waals surface area contributed by atoms with Crippen LogP contribution in [0.2, 0.25) is 0 Å². The highest BCUT2D eigenvalue weighted by Crippen LogP contribution is 2.59. The fraction of sp³-hybridized carbons (Fsp3) is 0.0769. The molecule has 0 saturated heterocycles. The maximum atomic E-state index is 14.6. The number of hydrogen-bond acceptors (Lipinski definition) is 12. The number of rotatable bonds is 4. The summed E-state index contributed by atoms with van der Waals surface area (Å²) in [6, 6.07) is 22.1. The number of phenols is 12. The highest BCUT2D eigenvalue weighted by Gasteiger charge is 2.39. The predicted molar refractivity (Wildman–Crippen MR) is 235 cm³/mol. The molecule has 8 aromatic carbocycles. The van der Waals surface area contributed by atoms with Crippen molar-refractivity contribution in [1.29, 1.82) is 0 Å².